The van der Waals surface area contributed by atoms with E-state index < -0.39 is 10.8 Å². The van der Waals surface area contributed by atoms with Gasteiger partial charge in [-0.15, -0.1) is 0 Å². The summed E-state index contributed by atoms with van der Waals surface area (Å²) in [6, 6.07) is -0.00249. The molecule has 0 radical (unpaired) electrons. The third-order valence-electron chi connectivity index (χ3n) is 3.25. The maximum absolute atomic E-state index is 11.8. The molecule has 0 saturated heterocycles. The van der Waals surface area contributed by atoms with Gasteiger partial charge in [0.25, 0.3) is 0 Å². The summed E-state index contributed by atoms with van der Waals surface area (Å²) < 4.78 is 11.8. The molecule has 0 spiro atoms. The second kappa shape index (κ2) is 7.82. The van der Waals surface area contributed by atoms with Crippen molar-refractivity contribution in [2.45, 2.75) is 45.1 Å². The van der Waals surface area contributed by atoms with Crippen LogP contribution < -0.4 is 11.1 Å². The van der Waals surface area contributed by atoms with Gasteiger partial charge in [-0.2, -0.15) is 0 Å². The van der Waals surface area contributed by atoms with Crippen molar-refractivity contribution in [1.29, 1.82) is 0 Å². The van der Waals surface area contributed by atoms with Crippen LogP contribution >= 0.6 is 0 Å². The molecule has 0 aliphatic heterocycles. The highest BCUT2D eigenvalue weighted by Gasteiger charge is 2.23. The monoisotopic (exact) mass is 260 g/mol. The molecule has 3 N–H and O–H groups in total. The summed E-state index contributed by atoms with van der Waals surface area (Å²) in [6.07, 6.45) is 5.69. The maximum atomic E-state index is 11.8. The van der Waals surface area contributed by atoms with E-state index in [9.17, 15) is 9.00 Å². The molecule has 0 aromatic carbocycles. The van der Waals surface area contributed by atoms with E-state index in [-0.39, 0.29) is 17.7 Å². The molecule has 100 valence electrons. The van der Waals surface area contributed by atoms with Crippen molar-refractivity contribution in [2.24, 2.45) is 11.7 Å². The van der Waals surface area contributed by atoms with Gasteiger partial charge in [-0.3, -0.25) is 9.00 Å². The number of nitrogens with one attached hydrogen (secondary N) is 1. The van der Waals surface area contributed by atoms with Crippen LogP contribution in [0.2, 0.25) is 0 Å². The Balaban J connectivity index is 2.21. The van der Waals surface area contributed by atoms with Crippen LogP contribution in [0, 0.1) is 5.92 Å². The summed E-state index contributed by atoms with van der Waals surface area (Å²) in [7, 11) is -1.12. The van der Waals surface area contributed by atoms with Crippen molar-refractivity contribution < 1.29 is 9.00 Å². The van der Waals surface area contributed by atoms with Crippen LogP contribution in [-0.2, 0) is 15.6 Å². The molecule has 1 fully saturated rings. The van der Waals surface area contributed by atoms with Gasteiger partial charge in [-0.1, -0.05) is 19.8 Å². The molecule has 0 aromatic heterocycles. The Morgan fingerprint density at radius 1 is 1.47 bits per heavy atom. The predicted molar refractivity (Wildman–Crippen MR) is 71.1 cm³/mol. The van der Waals surface area contributed by atoms with Gasteiger partial charge < -0.3 is 11.1 Å². The van der Waals surface area contributed by atoms with Crippen molar-refractivity contribution in [3.8, 4) is 0 Å². The Hall–Kier alpha value is -0.420. The Bertz CT molecular complexity index is 265. The Kier molecular flexibility index (Phi) is 6.73. The number of carbonyl (C=O) groups excluding carboxylic acids is 1. The molecule has 2 atom stereocenters. The molecule has 1 rings (SSSR count). The molecule has 1 amide bonds. The number of carbonyl (C=O) groups is 1. The van der Waals surface area contributed by atoms with E-state index in [0.29, 0.717) is 18.2 Å². The minimum absolute atomic E-state index is 0.00249. The lowest BCUT2D eigenvalue weighted by Gasteiger charge is -2.17. The minimum atomic E-state index is -1.12. The first-order chi connectivity index (χ1) is 8.13. The van der Waals surface area contributed by atoms with E-state index in [1.54, 1.807) is 0 Å². The standard InChI is InChI=1S/C12H24N2O2S/c1-2-7-14-12(15)9-17(16)8-11(13)10-5-3-4-6-10/h10-11H,2-9,13H2,1H3,(H,14,15). The lowest BCUT2D eigenvalue weighted by atomic mass is 10.0. The third-order valence-corrected chi connectivity index (χ3v) is 4.59. The summed E-state index contributed by atoms with van der Waals surface area (Å²) in [5.41, 5.74) is 6.03. The number of rotatable bonds is 7. The number of nitrogens with two attached hydrogens (primary N) is 1. The molecule has 4 nitrogen and oxygen atoms in total. The fraction of sp³-hybridized carbons (Fsp3) is 0.917. The Labute approximate surface area is 106 Å². The van der Waals surface area contributed by atoms with Crippen molar-refractivity contribution in [3.05, 3.63) is 0 Å². The molecule has 5 heteroatoms. The molecule has 1 aliphatic carbocycles. The van der Waals surface area contributed by atoms with Gasteiger partial charge in [0.05, 0.1) is 0 Å². The van der Waals surface area contributed by atoms with Gasteiger partial charge >= 0.3 is 0 Å². The van der Waals surface area contributed by atoms with Crippen molar-refractivity contribution in [1.82, 2.24) is 5.32 Å². The first-order valence-corrected chi connectivity index (χ1v) is 7.99. The lowest BCUT2D eigenvalue weighted by molar-refractivity contribution is -0.118. The third kappa shape index (κ3) is 5.64. The van der Waals surface area contributed by atoms with Crippen LogP contribution in [0.5, 0.6) is 0 Å². The highest BCUT2D eigenvalue weighted by Crippen LogP contribution is 2.27. The van der Waals surface area contributed by atoms with Gasteiger partial charge in [-0.05, 0) is 25.2 Å². The zero-order valence-corrected chi connectivity index (χ0v) is 11.4. The van der Waals surface area contributed by atoms with Crippen molar-refractivity contribution in [2.75, 3.05) is 18.1 Å². The first-order valence-electron chi connectivity index (χ1n) is 6.50. The summed E-state index contributed by atoms with van der Waals surface area (Å²) in [5, 5.41) is 2.73. The molecular formula is C12H24N2O2S. The first kappa shape index (κ1) is 14.6. The second-order valence-electron chi connectivity index (χ2n) is 4.81. The van der Waals surface area contributed by atoms with Crippen molar-refractivity contribution in [3.63, 3.8) is 0 Å². The molecule has 0 bridgehead atoms. The molecule has 1 aliphatic rings. The average Bonchev–Trinajstić information content (AvgIpc) is 2.79. The predicted octanol–water partition coefficient (Wildman–Crippen LogP) is 0.779. The van der Waals surface area contributed by atoms with Crippen molar-refractivity contribution >= 4 is 16.7 Å². The maximum Gasteiger partial charge on any atom is 0.232 e. The van der Waals surface area contributed by atoms with E-state index in [1.165, 1.54) is 12.8 Å². The van der Waals surface area contributed by atoms with E-state index in [2.05, 4.69) is 5.32 Å². The largest absolute Gasteiger partial charge is 0.355 e. The van der Waals surface area contributed by atoms with Gasteiger partial charge in [0.1, 0.15) is 5.75 Å². The SMILES string of the molecule is CCCNC(=O)CS(=O)CC(N)C1CCCC1. The Morgan fingerprint density at radius 3 is 2.71 bits per heavy atom. The van der Waals surface area contributed by atoms with Crippen LogP contribution in [0.3, 0.4) is 0 Å². The van der Waals surface area contributed by atoms with Crippen LogP contribution in [-0.4, -0.2) is 34.2 Å². The summed E-state index contributed by atoms with van der Waals surface area (Å²) in [6.45, 7) is 2.65. The Morgan fingerprint density at radius 2 is 2.12 bits per heavy atom. The molecule has 0 heterocycles. The topological polar surface area (TPSA) is 72.2 Å². The zero-order valence-electron chi connectivity index (χ0n) is 10.6. The van der Waals surface area contributed by atoms with Crippen LogP contribution in [0.25, 0.3) is 0 Å². The fourth-order valence-electron chi connectivity index (χ4n) is 2.26. The quantitative estimate of drug-likeness (QED) is 0.710. The summed E-state index contributed by atoms with van der Waals surface area (Å²) in [4.78, 5) is 11.4. The highest BCUT2D eigenvalue weighted by molar-refractivity contribution is 7.85. The molecule has 0 aromatic rings. The van der Waals surface area contributed by atoms with E-state index in [4.69, 9.17) is 5.73 Å². The van der Waals surface area contributed by atoms with Crippen LogP contribution in [0.4, 0.5) is 0 Å². The van der Waals surface area contributed by atoms with Gasteiger partial charge in [0.2, 0.25) is 5.91 Å². The van der Waals surface area contributed by atoms with Crippen LogP contribution in [0.15, 0.2) is 0 Å². The zero-order chi connectivity index (χ0) is 12.7. The lowest BCUT2D eigenvalue weighted by Crippen LogP contribution is -2.37. The van der Waals surface area contributed by atoms with Gasteiger partial charge in [-0.25, -0.2) is 0 Å². The highest BCUT2D eigenvalue weighted by atomic mass is 32.2. The van der Waals surface area contributed by atoms with E-state index >= 15 is 0 Å². The summed E-state index contributed by atoms with van der Waals surface area (Å²) >= 11 is 0. The normalized spacial score (nSPS) is 20.1. The molecule has 17 heavy (non-hydrogen) atoms. The smallest absolute Gasteiger partial charge is 0.232 e. The summed E-state index contributed by atoms with van der Waals surface area (Å²) in [5.74, 6) is 0.950. The van der Waals surface area contributed by atoms with Crippen LogP contribution in [0.1, 0.15) is 39.0 Å². The second-order valence-corrected chi connectivity index (χ2v) is 6.31. The number of hydrogen-bond acceptors (Lipinski definition) is 3. The van der Waals surface area contributed by atoms with Gasteiger partial charge in [0.15, 0.2) is 0 Å². The minimum Gasteiger partial charge on any atom is -0.355 e. The number of amides is 1. The fourth-order valence-corrected chi connectivity index (χ4v) is 3.47. The molecule has 2 unspecified atom stereocenters. The van der Waals surface area contributed by atoms with E-state index in [0.717, 1.165) is 19.3 Å². The van der Waals surface area contributed by atoms with Gasteiger partial charge in [0, 0.05) is 29.1 Å². The number of hydrogen-bond donors (Lipinski definition) is 2. The average molecular weight is 260 g/mol. The van der Waals surface area contributed by atoms with E-state index in [1.807, 2.05) is 6.92 Å². The molecule has 1 saturated carbocycles. The molecular weight excluding hydrogens is 236 g/mol.